The summed E-state index contributed by atoms with van der Waals surface area (Å²) in [4.78, 5) is 23.3. The quantitative estimate of drug-likeness (QED) is 0.861. The molecule has 0 heterocycles. The van der Waals surface area contributed by atoms with Crippen molar-refractivity contribution in [2.45, 2.75) is 13.3 Å². The largest absolute Gasteiger partial charge is 0.484 e. The van der Waals surface area contributed by atoms with Crippen molar-refractivity contribution in [3.8, 4) is 5.75 Å². The summed E-state index contributed by atoms with van der Waals surface area (Å²) < 4.78 is 5.44. The van der Waals surface area contributed by atoms with E-state index in [0.29, 0.717) is 17.0 Å². The van der Waals surface area contributed by atoms with Crippen molar-refractivity contribution in [2.24, 2.45) is 0 Å². The molecule has 0 bridgehead atoms. The van der Waals surface area contributed by atoms with Crippen molar-refractivity contribution in [2.75, 3.05) is 19.0 Å². The molecule has 5 nitrogen and oxygen atoms in total. The first-order chi connectivity index (χ1) is 11.1. The molecule has 5 heteroatoms. The number of amides is 2. The molecule has 23 heavy (non-hydrogen) atoms. The Hall–Kier alpha value is -2.82. The van der Waals surface area contributed by atoms with Crippen LogP contribution in [0.25, 0.3) is 0 Å². The minimum absolute atomic E-state index is 0.0668. The predicted octanol–water partition coefficient (Wildman–Crippen LogP) is 2.63. The molecule has 0 aliphatic rings. The molecule has 0 spiro atoms. The molecule has 0 aliphatic heterocycles. The third kappa shape index (κ3) is 4.85. The number of aryl methyl sites for hydroxylation is 1. The number of carbonyl (C=O) groups is 2. The predicted molar refractivity (Wildman–Crippen MR) is 89.8 cm³/mol. The molecule has 0 saturated heterocycles. The molecule has 2 N–H and O–H groups in total. The lowest BCUT2D eigenvalue weighted by Crippen LogP contribution is -2.20. The molecule has 0 aliphatic carbocycles. The van der Waals surface area contributed by atoms with E-state index < -0.39 is 0 Å². The molecule has 0 atom stereocenters. The molecule has 120 valence electrons. The summed E-state index contributed by atoms with van der Waals surface area (Å²) in [6.45, 7) is 2.02. The van der Waals surface area contributed by atoms with Crippen LogP contribution in [0.3, 0.4) is 0 Å². The molecule has 2 aromatic rings. The van der Waals surface area contributed by atoms with Gasteiger partial charge in [-0.15, -0.1) is 0 Å². The molecule has 0 aromatic heterocycles. The van der Waals surface area contributed by atoms with E-state index in [2.05, 4.69) is 17.6 Å². The van der Waals surface area contributed by atoms with Gasteiger partial charge in [-0.1, -0.05) is 19.1 Å². The van der Waals surface area contributed by atoms with Gasteiger partial charge in [0.15, 0.2) is 6.61 Å². The van der Waals surface area contributed by atoms with Gasteiger partial charge in [0.25, 0.3) is 11.8 Å². The zero-order valence-electron chi connectivity index (χ0n) is 13.3. The lowest BCUT2D eigenvalue weighted by Gasteiger charge is -2.08. The van der Waals surface area contributed by atoms with Crippen molar-refractivity contribution in [1.82, 2.24) is 5.32 Å². The van der Waals surface area contributed by atoms with Gasteiger partial charge in [0.1, 0.15) is 5.75 Å². The molecule has 0 unspecified atom stereocenters. The summed E-state index contributed by atoms with van der Waals surface area (Å²) in [5.74, 6) is 0.242. The Morgan fingerprint density at radius 3 is 2.22 bits per heavy atom. The average Bonchev–Trinajstić information content (AvgIpc) is 2.60. The number of benzene rings is 2. The van der Waals surface area contributed by atoms with Gasteiger partial charge in [-0.25, -0.2) is 0 Å². The molecule has 2 rings (SSSR count). The Labute approximate surface area is 135 Å². The van der Waals surface area contributed by atoms with Crippen LogP contribution < -0.4 is 15.4 Å². The lowest BCUT2D eigenvalue weighted by molar-refractivity contribution is -0.118. The Morgan fingerprint density at radius 1 is 1.00 bits per heavy atom. The van der Waals surface area contributed by atoms with Crippen molar-refractivity contribution in [1.29, 1.82) is 0 Å². The highest BCUT2D eigenvalue weighted by molar-refractivity contribution is 5.95. The maximum atomic E-state index is 11.9. The van der Waals surface area contributed by atoms with Crippen molar-refractivity contribution in [3.05, 3.63) is 59.7 Å². The smallest absolute Gasteiger partial charge is 0.262 e. The van der Waals surface area contributed by atoms with E-state index in [1.54, 1.807) is 31.3 Å². The summed E-state index contributed by atoms with van der Waals surface area (Å²) in [6, 6.07) is 14.3. The van der Waals surface area contributed by atoms with Crippen LogP contribution in [0.5, 0.6) is 5.75 Å². The topological polar surface area (TPSA) is 67.4 Å². The fourth-order valence-corrected chi connectivity index (χ4v) is 2.02. The molecule has 2 aromatic carbocycles. The number of hydrogen-bond donors (Lipinski definition) is 2. The van der Waals surface area contributed by atoms with E-state index in [-0.39, 0.29) is 18.4 Å². The van der Waals surface area contributed by atoms with Gasteiger partial charge >= 0.3 is 0 Å². The van der Waals surface area contributed by atoms with E-state index >= 15 is 0 Å². The van der Waals surface area contributed by atoms with E-state index in [4.69, 9.17) is 4.74 Å². The van der Waals surface area contributed by atoms with E-state index in [1.165, 1.54) is 5.56 Å². The number of rotatable bonds is 6. The second kappa shape index (κ2) is 7.98. The summed E-state index contributed by atoms with van der Waals surface area (Å²) in [7, 11) is 1.57. The first-order valence-corrected chi connectivity index (χ1v) is 7.46. The molecular formula is C18H20N2O3. The lowest BCUT2D eigenvalue weighted by atomic mass is 10.2. The van der Waals surface area contributed by atoms with Gasteiger partial charge in [-0.3, -0.25) is 9.59 Å². The SMILES string of the molecule is CCc1ccc(OCC(=O)Nc2ccc(C(=O)NC)cc2)cc1. The van der Waals surface area contributed by atoms with Gasteiger partial charge in [-0.05, 0) is 48.4 Å². The van der Waals surface area contributed by atoms with Crippen LogP contribution >= 0.6 is 0 Å². The number of hydrogen-bond acceptors (Lipinski definition) is 3. The Kier molecular flexibility index (Phi) is 5.74. The van der Waals surface area contributed by atoms with Crippen LogP contribution in [0.1, 0.15) is 22.8 Å². The van der Waals surface area contributed by atoms with Crippen LogP contribution in [0.4, 0.5) is 5.69 Å². The van der Waals surface area contributed by atoms with Crippen LogP contribution in [0.15, 0.2) is 48.5 Å². The van der Waals surface area contributed by atoms with Crippen molar-refractivity contribution >= 4 is 17.5 Å². The summed E-state index contributed by atoms with van der Waals surface area (Å²) in [5, 5.41) is 5.27. The van der Waals surface area contributed by atoms with Crippen LogP contribution in [0.2, 0.25) is 0 Å². The Bertz CT molecular complexity index is 664. The number of anilines is 1. The molecule has 0 saturated carbocycles. The summed E-state index contributed by atoms with van der Waals surface area (Å²) >= 11 is 0. The first kappa shape index (κ1) is 16.5. The molecular weight excluding hydrogens is 292 g/mol. The fourth-order valence-electron chi connectivity index (χ4n) is 2.02. The molecule has 2 amide bonds. The summed E-state index contributed by atoms with van der Waals surface area (Å²) in [5.41, 5.74) is 2.38. The van der Waals surface area contributed by atoms with Gasteiger partial charge in [0, 0.05) is 18.3 Å². The Balaban J connectivity index is 1.85. The van der Waals surface area contributed by atoms with E-state index in [9.17, 15) is 9.59 Å². The van der Waals surface area contributed by atoms with Crippen molar-refractivity contribution < 1.29 is 14.3 Å². The van der Waals surface area contributed by atoms with Crippen LogP contribution in [-0.2, 0) is 11.2 Å². The maximum absolute atomic E-state index is 11.9. The summed E-state index contributed by atoms with van der Waals surface area (Å²) in [6.07, 6.45) is 0.965. The third-order valence-electron chi connectivity index (χ3n) is 3.36. The highest BCUT2D eigenvalue weighted by Gasteiger charge is 2.06. The van der Waals surface area contributed by atoms with Gasteiger partial charge in [0.2, 0.25) is 0 Å². The number of ether oxygens (including phenoxy) is 1. The zero-order valence-corrected chi connectivity index (χ0v) is 13.3. The van der Waals surface area contributed by atoms with E-state index in [0.717, 1.165) is 6.42 Å². The third-order valence-corrected chi connectivity index (χ3v) is 3.36. The second-order valence-corrected chi connectivity index (χ2v) is 4.99. The fraction of sp³-hybridized carbons (Fsp3) is 0.222. The standard InChI is InChI=1S/C18H20N2O3/c1-3-13-4-10-16(11-5-13)23-12-17(21)20-15-8-6-14(7-9-15)18(22)19-2/h4-11H,3,12H2,1-2H3,(H,19,22)(H,20,21). The zero-order chi connectivity index (χ0) is 16.7. The maximum Gasteiger partial charge on any atom is 0.262 e. The number of nitrogens with one attached hydrogen (secondary N) is 2. The van der Waals surface area contributed by atoms with Crippen LogP contribution in [-0.4, -0.2) is 25.5 Å². The Morgan fingerprint density at radius 2 is 1.65 bits per heavy atom. The highest BCUT2D eigenvalue weighted by Crippen LogP contribution is 2.13. The average molecular weight is 312 g/mol. The van der Waals surface area contributed by atoms with Gasteiger partial charge in [0.05, 0.1) is 0 Å². The normalized spacial score (nSPS) is 10.0. The molecule has 0 fully saturated rings. The van der Waals surface area contributed by atoms with Gasteiger partial charge in [-0.2, -0.15) is 0 Å². The minimum Gasteiger partial charge on any atom is -0.484 e. The number of carbonyl (C=O) groups excluding carboxylic acids is 2. The first-order valence-electron chi connectivity index (χ1n) is 7.46. The monoisotopic (exact) mass is 312 g/mol. The van der Waals surface area contributed by atoms with Gasteiger partial charge < -0.3 is 15.4 Å². The van der Waals surface area contributed by atoms with Crippen molar-refractivity contribution in [3.63, 3.8) is 0 Å². The van der Waals surface area contributed by atoms with E-state index in [1.807, 2.05) is 24.3 Å². The van der Waals surface area contributed by atoms with Crippen LogP contribution in [0, 0.1) is 0 Å². The molecule has 0 radical (unpaired) electrons. The highest BCUT2D eigenvalue weighted by atomic mass is 16.5. The second-order valence-electron chi connectivity index (χ2n) is 4.99. The minimum atomic E-state index is -0.253.